The summed E-state index contributed by atoms with van der Waals surface area (Å²) in [4.78, 5) is 11.0. The zero-order valence-electron chi connectivity index (χ0n) is 13.9. The first-order chi connectivity index (χ1) is 11.8. The van der Waals surface area contributed by atoms with E-state index < -0.39 is 0 Å². The molecule has 1 atom stereocenters. The number of hydrogen-bond acceptors (Lipinski definition) is 8. The van der Waals surface area contributed by atoms with E-state index in [1.807, 2.05) is 0 Å². The molecule has 134 valence electrons. The number of aliphatic hydroxyl groups is 1. The van der Waals surface area contributed by atoms with Gasteiger partial charge >= 0.3 is 0 Å². The predicted octanol–water partition coefficient (Wildman–Crippen LogP) is 0.141. The molecule has 2 N–H and O–H groups in total. The number of morpholine rings is 1. The lowest BCUT2D eigenvalue weighted by atomic mass is 9.89. The number of anilines is 1. The van der Waals surface area contributed by atoms with E-state index in [-0.39, 0.29) is 18.8 Å². The molecular formula is C16H26N4O4. The molecule has 0 aromatic carbocycles. The Morgan fingerprint density at radius 1 is 1.25 bits per heavy atom. The molecule has 0 bridgehead atoms. The second kappa shape index (κ2) is 8.57. The van der Waals surface area contributed by atoms with Crippen LogP contribution in [-0.2, 0) is 9.47 Å². The number of rotatable bonds is 7. The van der Waals surface area contributed by atoms with Crippen molar-refractivity contribution in [1.82, 2.24) is 14.9 Å². The fourth-order valence-electron chi connectivity index (χ4n) is 3.28. The molecule has 0 amide bonds. The fourth-order valence-corrected chi connectivity index (χ4v) is 3.28. The quantitative estimate of drug-likeness (QED) is 0.726. The Morgan fingerprint density at radius 2 is 2.12 bits per heavy atom. The summed E-state index contributed by atoms with van der Waals surface area (Å²) in [6.07, 6.45) is 5.38. The van der Waals surface area contributed by atoms with Crippen molar-refractivity contribution in [2.75, 3.05) is 64.6 Å². The topological polar surface area (TPSA) is 89.0 Å². The molecule has 0 spiro atoms. The number of nitrogens with zero attached hydrogens (tertiary/aromatic N) is 3. The van der Waals surface area contributed by atoms with E-state index in [2.05, 4.69) is 20.2 Å². The van der Waals surface area contributed by atoms with Crippen molar-refractivity contribution in [2.45, 2.75) is 18.4 Å². The van der Waals surface area contributed by atoms with Crippen LogP contribution in [0.2, 0.25) is 0 Å². The highest BCUT2D eigenvalue weighted by molar-refractivity contribution is 5.34. The van der Waals surface area contributed by atoms with Crippen molar-refractivity contribution in [2.24, 2.45) is 0 Å². The zero-order valence-corrected chi connectivity index (χ0v) is 13.9. The first-order valence-corrected chi connectivity index (χ1v) is 8.52. The van der Waals surface area contributed by atoms with Crippen molar-refractivity contribution in [3.05, 3.63) is 12.4 Å². The van der Waals surface area contributed by atoms with Crippen LogP contribution < -0.4 is 10.1 Å². The lowest BCUT2D eigenvalue weighted by Gasteiger charge is -2.47. The van der Waals surface area contributed by atoms with Gasteiger partial charge in [0.2, 0.25) is 5.88 Å². The number of hydrogen-bond donors (Lipinski definition) is 2. The van der Waals surface area contributed by atoms with Crippen molar-refractivity contribution in [3.63, 3.8) is 0 Å². The van der Waals surface area contributed by atoms with Gasteiger partial charge in [0, 0.05) is 26.2 Å². The number of aliphatic hydroxyl groups excluding tert-OH is 1. The minimum Gasteiger partial charge on any atom is -0.474 e. The van der Waals surface area contributed by atoms with Crippen LogP contribution in [0.1, 0.15) is 12.8 Å². The van der Waals surface area contributed by atoms with Crippen molar-refractivity contribution < 1.29 is 19.3 Å². The van der Waals surface area contributed by atoms with Crippen LogP contribution >= 0.6 is 0 Å². The van der Waals surface area contributed by atoms with Gasteiger partial charge in [-0.05, 0) is 12.8 Å². The molecular weight excluding hydrogens is 312 g/mol. The maximum Gasteiger partial charge on any atom is 0.234 e. The average Bonchev–Trinajstić information content (AvgIpc) is 2.66. The van der Waals surface area contributed by atoms with E-state index in [1.165, 1.54) is 0 Å². The maximum atomic E-state index is 8.83. The number of aromatic nitrogens is 2. The summed E-state index contributed by atoms with van der Waals surface area (Å²) in [7, 11) is 0. The Labute approximate surface area is 142 Å². The lowest BCUT2D eigenvalue weighted by molar-refractivity contribution is -0.0800. The third-order valence-corrected chi connectivity index (χ3v) is 4.54. The van der Waals surface area contributed by atoms with E-state index >= 15 is 0 Å². The van der Waals surface area contributed by atoms with Gasteiger partial charge in [-0.25, -0.2) is 0 Å². The first-order valence-electron chi connectivity index (χ1n) is 8.52. The Bertz CT molecular complexity index is 505. The van der Waals surface area contributed by atoms with Gasteiger partial charge in [0.25, 0.3) is 0 Å². The smallest absolute Gasteiger partial charge is 0.234 e. The van der Waals surface area contributed by atoms with Gasteiger partial charge in [0.1, 0.15) is 12.4 Å². The molecule has 0 saturated carbocycles. The van der Waals surface area contributed by atoms with Gasteiger partial charge in [-0.2, -0.15) is 4.98 Å². The van der Waals surface area contributed by atoms with Crippen LogP contribution in [-0.4, -0.2) is 84.8 Å². The molecule has 2 aliphatic heterocycles. The van der Waals surface area contributed by atoms with Crippen LogP contribution in [0.15, 0.2) is 12.4 Å². The molecule has 1 aromatic rings. The molecule has 0 radical (unpaired) electrons. The second-order valence-electron chi connectivity index (χ2n) is 6.15. The molecule has 2 fully saturated rings. The van der Waals surface area contributed by atoms with E-state index in [9.17, 15) is 0 Å². The Morgan fingerprint density at radius 3 is 2.88 bits per heavy atom. The van der Waals surface area contributed by atoms with Crippen molar-refractivity contribution >= 4 is 5.82 Å². The zero-order chi connectivity index (χ0) is 16.7. The largest absolute Gasteiger partial charge is 0.474 e. The predicted molar refractivity (Wildman–Crippen MR) is 88.3 cm³/mol. The summed E-state index contributed by atoms with van der Waals surface area (Å²) >= 11 is 0. The van der Waals surface area contributed by atoms with E-state index in [1.54, 1.807) is 12.4 Å². The summed E-state index contributed by atoms with van der Waals surface area (Å²) in [6, 6.07) is 0. The van der Waals surface area contributed by atoms with Crippen molar-refractivity contribution in [3.8, 4) is 5.88 Å². The standard InChI is InChI=1S/C16H26N4O4/c21-5-9-24-15-11-17-10-14(19-15)18-12-16(2-1-6-23-13-16)20-3-7-22-8-4-20/h10-11,21H,1-9,12-13H2,(H,18,19). The lowest BCUT2D eigenvalue weighted by Crippen LogP contribution is -2.61. The highest BCUT2D eigenvalue weighted by Gasteiger charge is 2.39. The third-order valence-electron chi connectivity index (χ3n) is 4.54. The van der Waals surface area contributed by atoms with Crippen LogP contribution in [0, 0.1) is 0 Å². The van der Waals surface area contributed by atoms with Gasteiger partial charge in [0.05, 0.1) is 44.4 Å². The minimum atomic E-state index is -0.0448. The summed E-state index contributed by atoms with van der Waals surface area (Å²) < 4.78 is 16.6. The third kappa shape index (κ3) is 4.32. The van der Waals surface area contributed by atoms with Gasteiger partial charge in [-0.3, -0.25) is 9.88 Å². The Hall–Kier alpha value is -1.48. The van der Waals surface area contributed by atoms with E-state index in [4.69, 9.17) is 19.3 Å². The van der Waals surface area contributed by atoms with Gasteiger partial charge in [0.15, 0.2) is 0 Å². The first kappa shape index (κ1) is 17.3. The number of nitrogens with one attached hydrogen (secondary N) is 1. The molecule has 3 heterocycles. The summed E-state index contributed by atoms with van der Waals surface area (Å²) in [6.45, 7) is 5.85. The Balaban J connectivity index is 1.64. The van der Waals surface area contributed by atoms with Gasteiger partial charge < -0.3 is 24.6 Å². The normalized spacial score (nSPS) is 25.4. The molecule has 8 nitrogen and oxygen atoms in total. The highest BCUT2D eigenvalue weighted by Crippen LogP contribution is 2.28. The summed E-state index contributed by atoms with van der Waals surface area (Å²) in [5.74, 6) is 1.08. The van der Waals surface area contributed by atoms with Crippen LogP contribution in [0.5, 0.6) is 5.88 Å². The SMILES string of the molecule is OCCOc1cncc(NCC2(N3CCOCC3)CCCOC2)n1. The summed E-state index contributed by atoms with van der Waals surface area (Å²) in [5, 5.41) is 12.2. The number of ether oxygens (including phenoxy) is 3. The molecule has 2 aliphatic rings. The second-order valence-corrected chi connectivity index (χ2v) is 6.15. The molecule has 1 unspecified atom stereocenters. The fraction of sp³-hybridized carbons (Fsp3) is 0.750. The maximum absolute atomic E-state index is 8.83. The van der Waals surface area contributed by atoms with Crippen molar-refractivity contribution in [1.29, 1.82) is 0 Å². The monoisotopic (exact) mass is 338 g/mol. The summed E-state index contributed by atoms with van der Waals surface area (Å²) in [5.41, 5.74) is -0.0360. The molecule has 8 heteroatoms. The van der Waals surface area contributed by atoms with Gasteiger partial charge in [-0.15, -0.1) is 0 Å². The highest BCUT2D eigenvalue weighted by atomic mass is 16.5. The molecule has 24 heavy (non-hydrogen) atoms. The van der Waals surface area contributed by atoms with Gasteiger partial charge in [-0.1, -0.05) is 0 Å². The Kier molecular flexibility index (Phi) is 6.19. The van der Waals surface area contributed by atoms with E-state index in [0.29, 0.717) is 18.3 Å². The van der Waals surface area contributed by atoms with Crippen LogP contribution in [0.25, 0.3) is 0 Å². The molecule has 1 aromatic heterocycles. The average molecular weight is 338 g/mol. The van der Waals surface area contributed by atoms with Crippen LogP contribution in [0.4, 0.5) is 5.82 Å². The minimum absolute atomic E-state index is 0.0360. The van der Waals surface area contributed by atoms with Crippen LogP contribution in [0.3, 0.4) is 0 Å². The molecule has 3 rings (SSSR count). The van der Waals surface area contributed by atoms with E-state index in [0.717, 1.165) is 52.3 Å². The molecule has 2 saturated heterocycles. The molecule has 0 aliphatic carbocycles.